The number of carbonyl (C=O) groups is 1. The number of nitrogens with zero attached hydrogens (tertiary/aromatic N) is 1. The van der Waals surface area contributed by atoms with Crippen molar-refractivity contribution >= 4 is 17.5 Å². The topological polar surface area (TPSA) is 92.7 Å². The van der Waals surface area contributed by atoms with Crippen LogP contribution in [0.25, 0.3) is 0 Å². The largest absolute Gasteiger partial charge is 0.504 e. The molecule has 162 valence electrons. The lowest BCUT2D eigenvalue weighted by Gasteiger charge is -2.10. The zero-order valence-electron chi connectivity index (χ0n) is 17.5. The summed E-state index contributed by atoms with van der Waals surface area (Å²) in [7, 11) is 1.37. The minimum Gasteiger partial charge on any atom is -0.504 e. The van der Waals surface area contributed by atoms with Crippen LogP contribution in [0.2, 0.25) is 0 Å². The van der Waals surface area contributed by atoms with E-state index in [0.717, 1.165) is 24.3 Å². The molecule has 0 aliphatic heterocycles. The van der Waals surface area contributed by atoms with Crippen molar-refractivity contribution in [3.8, 4) is 11.5 Å². The molecule has 0 saturated heterocycles. The molecule has 0 aliphatic rings. The molecule has 1 heterocycles. The van der Waals surface area contributed by atoms with Crippen molar-refractivity contribution in [2.75, 3.05) is 37.4 Å². The molecule has 0 aliphatic carbocycles. The van der Waals surface area contributed by atoms with Gasteiger partial charge in [0, 0.05) is 18.4 Å². The van der Waals surface area contributed by atoms with Crippen LogP contribution >= 0.6 is 0 Å². The molecule has 2 aromatic carbocycles. The average Bonchev–Trinajstić information content (AvgIpc) is 2.80. The quantitative estimate of drug-likeness (QED) is 0.320. The van der Waals surface area contributed by atoms with Gasteiger partial charge in [0.1, 0.15) is 12.3 Å². The van der Waals surface area contributed by atoms with Crippen LogP contribution in [0, 0.1) is 0 Å². The van der Waals surface area contributed by atoms with Gasteiger partial charge in [0.25, 0.3) is 0 Å². The first-order valence-corrected chi connectivity index (χ1v) is 10.1. The summed E-state index contributed by atoms with van der Waals surface area (Å²) in [4.78, 5) is 15.3. The number of ether oxygens (including phenoxy) is 2. The van der Waals surface area contributed by atoms with Crippen molar-refractivity contribution in [1.82, 2.24) is 4.98 Å². The van der Waals surface area contributed by atoms with E-state index in [0.29, 0.717) is 19.0 Å². The maximum Gasteiger partial charge on any atom is 0.325 e. The van der Waals surface area contributed by atoms with Gasteiger partial charge in [0.05, 0.1) is 13.7 Å². The highest BCUT2D eigenvalue weighted by Gasteiger charge is 2.02. The van der Waals surface area contributed by atoms with E-state index in [1.54, 1.807) is 18.3 Å². The van der Waals surface area contributed by atoms with E-state index in [-0.39, 0.29) is 18.3 Å². The van der Waals surface area contributed by atoms with E-state index in [2.05, 4.69) is 32.5 Å². The Hall–Kier alpha value is -3.74. The van der Waals surface area contributed by atoms with Gasteiger partial charge >= 0.3 is 5.97 Å². The van der Waals surface area contributed by atoms with Crippen molar-refractivity contribution in [2.45, 2.75) is 12.8 Å². The van der Waals surface area contributed by atoms with Crippen LogP contribution in [0.3, 0.4) is 0 Å². The molecule has 7 nitrogen and oxygen atoms in total. The van der Waals surface area contributed by atoms with E-state index >= 15 is 0 Å². The fraction of sp³-hybridized carbons (Fsp3) is 0.250. The Bertz CT molecular complexity index is 959. The standard InChI is InChI=1S/C24H27N3O4/c1-30-23(29)17-27-20-9-5-18(6-10-20)16-19-7-11-21(12-8-19)31-15-3-14-26-24-22(28)4-2-13-25-24/h2,4-13,27-28H,3,14-17H2,1H3,(H,25,26). The molecule has 0 spiro atoms. The van der Waals surface area contributed by atoms with Gasteiger partial charge in [0.2, 0.25) is 0 Å². The molecule has 0 atom stereocenters. The Labute approximate surface area is 182 Å². The summed E-state index contributed by atoms with van der Waals surface area (Å²) in [5, 5.41) is 15.8. The summed E-state index contributed by atoms with van der Waals surface area (Å²) in [6.07, 6.45) is 3.24. The van der Waals surface area contributed by atoms with Crippen LogP contribution in [-0.4, -0.2) is 42.9 Å². The Morgan fingerprint density at radius 2 is 1.71 bits per heavy atom. The number of hydrogen-bond acceptors (Lipinski definition) is 7. The molecule has 0 bridgehead atoms. The SMILES string of the molecule is COC(=O)CNc1ccc(Cc2ccc(OCCCNc3ncccc3O)cc2)cc1. The first-order valence-electron chi connectivity index (χ1n) is 10.1. The maximum absolute atomic E-state index is 11.2. The molecule has 1 aromatic heterocycles. The molecule has 31 heavy (non-hydrogen) atoms. The minimum atomic E-state index is -0.296. The van der Waals surface area contributed by atoms with Crippen molar-refractivity contribution in [2.24, 2.45) is 0 Å². The highest BCUT2D eigenvalue weighted by Crippen LogP contribution is 2.19. The molecule has 7 heteroatoms. The van der Waals surface area contributed by atoms with Crippen molar-refractivity contribution in [1.29, 1.82) is 0 Å². The second kappa shape index (κ2) is 11.4. The van der Waals surface area contributed by atoms with Crippen molar-refractivity contribution < 1.29 is 19.4 Å². The van der Waals surface area contributed by atoms with Gasteiger partial charge in [-0.15, -0.1) is 0 Å². The monoisotopic (exact) mass is 421 g/mol. The number of hydrogen-bond donors (Lipinski definition) is 3. The highest BCUT2D eigenvalue weighted by atomic mass is 16.5. The lowest BCUT2D eigenvalue weighted by molar-refractivity contribution is -0.138. The van der Waals surface area contributed by atoms with Crippen LogP contribution in [0.1, 0.15) is 17.5 Å². The summed E-state index contributed by atoms with van der Waals surface area (Å²) < 4.78 is 10.4. The number of rotatable bonds is 11. The molecule has 0 saturated carbocycles. The Kier molecular flexibility index (Phi) is 8.11. The van der Waals surface area contributed by atoms with Gasteiger partial charge in [-0.1, -0.05) is 24.3 Å². The molecule has 3 N–H and O–H groups in total. The van der Waals surface area contributed by atoms with Gasteiger partial charge in [0.15, 0.2) is 11.6 Å². The minimum absolute atomic E-state index is 0.145. The maximum atomic E-state index is 11.2. The Morgan fingerprint density at radius 3 is 2.39 bits per heavy atom. The van der Waals surface area contributed by atoms with E-state index in [1.807, 2.05) is 36.4 Å². The number of anilines is 2. The summed E-state index contributed by atoms with van der Waals surface area (Å²) in [5.41, 5.74) is 3.25. The molecule has 3 rings (SSSR count). The summed E-state index contributed by atoms with van der Waals surface area (Å²) in [6, 6.07) is 19.3. The summed E-state index contributed by atoms with van der Waals surface area (Å²) >= 11 is 0. The molecule has 0 unspecified atom stereocenters. The molecular formula is C24H27N3O4. The molecule has 0 radical (unpaired) electrons. The molecule has 0 amide bonds. The zero-order valence-corrected chi connectivity index (χ0v) is 17.5. The predicted molar refractivity (Wildman–Crippen MR) is 121 cm³/mol. The van der Waals surface area contributed by atoms with Gasteiger partial charge in [-0.2, -0.15) is 0 Å². The van der Waals surface area contributed by atoms with E-state index < -0.39 is 0 Å². The average molecular weight is 421 g/mol. The first-order chi connectivity index (χ1) is 15.1. The second-order valence-electron chi connectivity index (χ2n) is 6.95. The third-order valence-electron chi connectivity index (χ3n) is 4.62. The highest BCUT2D eigenvalue weighted by molar-refractivity contribution is 5.74. The lowest BCUT2D eigenvalue weighted by Crippen LogP contribution is -2.14. The predicted octanol–water partition coefficient (Wildman–Crippen LogP) is 3.84. The van der Waals surface area contributed by atoms with Crippen LogP contribution in [-0.2, 0) is 16.0 Å². The third-order valence-corrected chi connectivity index (χ3v) is 4.62. The van der Waals surface area contributed by atoms with Gasteiger partial charge in [-0.25, -0.2) is 4.98 Å². The normalized spacial score (nSPS) is 10.4. The number of carbonyl (C=O) groups excluding carboxylic acids is 1. The number of benzene rings is 2. The van der Waals surface area contributed by atoms with E-state index in [1.165, 1.54) is 18.2 Å². The van der Waals surface area contributed by atoms with E-state index in [9.17, 15) is 9.90 Å². The van der Waals surface area contributed by atoms with Crippen LogP contribution in [0.4, 0.5) is 11.5 Å². The number of nitrogens with one attached hydrogen (secondary N) is 2. The van der Waals surface area contributed by atoms with Gasteiger partial charge < -0.3 is 25.2 Å². The smallest absolute Gasteiger partial charge is 0.325 e. The fourth-order valence-electron chi connectivity index (χ4n) is 2.93. The number of pyridine rings is 1. The van der Waals surface area contributed by atoms with Crippen LogP contribution in [0.15, 0.2) is 66.9 Å². The van der Waals surface area contributed by atoms with Crippen LogP contribution < -0.4 is 15.4 Å². The third kappa shape index (κ3) is 7.22. The lowest BCUT2D eigenvalue weighted by atomic mass is 10.0. The Morgan fingerprint density at radius 1 is 1.00 bits per heavy atom. The number of aromatic nitrogens is 1. The zero-order chi connectivity index (χ0) is 21.9. The Balaban J connectivity index is 1.38. The van der Waals surface area contributed by atoms with Crippen LogP contribution in [0.5, 0.6) is 11.5 Å². The number of aromatic hydroxyl groups is 1. The molecular weight excluding hydrogens is 394 g/mol. The van der Waals surface area contributed by atoms with Crippen molar-refractivity contribution in [3.05, 3.63) is 78.0 Å². The number of methoxy groups -OCH3 is 1. The molecule has 3 aromatic rings. The fourth-order valence-corrected chi connectivity index (χ4v) is 2.93. The first kappa shape index (κ1) is 22.0. The van der Waals surface area contributed by atoms with Gasteiger partial charge in [-0.3, -0.25) is 4.79 Å². The molecule has 0 fully saturated rings. The summed E-state index contributed by atoms with van der Waals surface area (Å²) in [5.74, 6) is 1.16. The second-order valence-corrected chi connectivity index (χ2v) is 6.95. The van der Waals surface area contributed by atoms with Crippen molar-refractivity contribution in [3.63, 3.8) is 0 Å². The summed E-state index contributed by atoms with van der Waals surface area (Å²) in [6.45, 7) is 1.38. The van der Waals surface area contributed by atoms with E-state index in [4.69, 9.17) is 4.74 Å². The number of esters is 1. The van der Waals surface area contributed by atoms with Gasteiger partial charge in [-0.05, 0) is 60.4 Å².